The van der Waals surface area contributed by atoms with Crippen LogP contribution in [0.5, 0.6) is 23.0 Å². The van der Waals surface area contributed by atoms with E-state index >= 15 is 0 Å². The van der Waals surface area contributed by atoms with Gasteiger partial charge in [-0.25, -0.2) is 0 Å². The number of fused-ring (bicyclic) bond motifs is 2. The second-order valence-electron chi connectivity index (χ2n) is 5.72. The van der Waals surface area contributed by atoms with E-state index in [9.17, 15) is 0 Å². The molecule has 2 aliphatic rings. The zero-order valence-electron chi connectivity index (χ0n) is 12.7. The molecule has 0 saturated carbocycles. The highest BCUT2D eigenvalue weighted by Gasteiger charge is 2.27. The Hall–Kier alpha value is -2.36. The van der Waals surface area contributed by atoms with Gasteiger partial charge in [-0.05, 0) is 32.0 Å². The van der Waals surface area contributed by atoms with Gasteiger partial charge in [-0.3, -0.25) is 0 Å². The molecule has 22 heavy (non-hydrogen) atoms. The van der Waals surface area contributed by atoms with Gasteiger partial charge in [-0.1, -0.05) is 12.1 Å². The second kappa shape index (κ2) is 5.13. The molecule has 0 spiro atoms. The largest absolute Gasteiger partial charge is 0.493 e. The Morgan fingerprint density at radius 1 is 1.00 bits per heavy atom. The lowest BCUT2D eigenvalue weighted by Gasteiger charge is -2.18. The Morgan fingerprint density at radius 3 is 2.77 bits per heavy atom. The topological polar surface area (TPSA) is 36.9 Å². The maximum Gasteiger partial charge on any atom is 0.231 e. The number of hydrogen-bond donors (Lipinski definition) is 0. The molecule has 0 radical (unpaired) electrons. The molecule has 4 nitrogen and oxygen atoms in total. The summed E-state index contributed by atoms with van der Waals surface area (Å²) in [6, 6.07) is 9.93. The van der Waals surface area contributed by atoms with Crippen molar-refractivity contribution in [3.8, 4) is 34.1 Å². The standard InChI is InChI=1S/C18H18O4/c1-11(2)22-15-7-6-14-12(8-9-19-14)17(15)13-4-3-5-16-18(13)21-10-20-16/h3-7,11H,8-10H2,1-2H3. The number of rotatable bonds is 3. The lowest BCUT2D eigenvalue weighted by atomic mass is 9.95. The molecule has 0 unspecified atom stereocenters. The van der Waals surface area contributed by atoms with Crippen LogP contribution in [0.1, 0.15) is 19.4 Å². The van der Waals surface area contributed by atoms with E-state index in [4.69, 9.17) is 18.9 Å². The van der Waals surface area contributed by atoms with Gasteiger partial charge in [0.1, 0.15) is 11.5 Å². The van der Waals surface area contributed by atoms with Gasteiger partial charge < -0.3 is 18.9 Å². The minimum absolute atomic E-state index is 0.105. The second-order valence-corrected chi connectivity index (χ2v) is 5.72. The van der Waals surface area contributed by atoms with Crippen LogP contribution in [-0.4, -0.2) is 19.5 Å². The van der Waals surface area contributed by atoms with E-state index < -0.39 is 0 Å². The third-order valence-electron chi connectivity index (χ3n) is 3.87. The normalized spacial score (nSPS) is 14.9. The fourth-order valence-electron chi connectivity index (χ4n) is 3.03. The molecule has 4 rings (SSSR count). The van der Waals surface area contributed by atoms with Crippen LogP contribution >= 0.6 is 0 Å². The Balaban J connectivity index is 1.94. The molecular formula is C18H18O4. The van der Waals surface area contributed by atoms with Crippen LogP contribution in [0.15, 0.2) is 30.3 Å². The smallest absolute Gasteiger partial charge is 0.231 e. The molecule has 2 aliphatic heterocycles. The molecule has 2 heterocycles. The van der Waals surface area contributed by atoms with Gasteiger partial charge >= 0.3 is 0 Å². The van der Waals surface area contributed by atoms with E-state index in [1.54, 1.807) is 0 Å². The van der Waals surface area contributed by atoms with E-state index in [0.717, 1.165) is 40.5 Å². The zero-order valence-corrected chi connectivity index (χ0v) is 12.7. The summed E-state index contributed by atoms with van der Waals surface area (Å²) >= 11 is 0. The van der Waals surface area contributed by atoms with Crippen LogP contribution in [0.4, 0.5) is 0 Å². The fourth-order valence-corrected chi connectivity index (χ4v) is 3.03. The van der Waals surface area contributed by atoms with Gasteiger partial charge in [0.2, 0.25) is 6.79 Å². The Bertz CT molecular complexity index is 721. The number of benzene rings is 2. The summed E-state index contributed by atoms with van der Waals surface area (Å²) in [5.41, 5.74) is 3.25. The van der Waals surface area contributed by atoms with Crippen molar-refractivity contribution in [3.05, 3.63) is 35.9 Å². The van der Waals surface area contributed by atoms with Crippen LogP contribution in [-0.2, 0) is 6.42 Å². The fraction of sp³-hybridized carbons (Fsp3) is 0.333. The molecule has 114 valence electrons. The van der Waals surface area contributed by atoms with Gasteiger partial charge in [0, 0.05) is 23.1 Å². The Labute approximate surface area is 129 Å². The van der Waals surface area contributed by atoms with Crippen LogP contribution in [0, 0.1) is 0 Å². The molecule has 4 heteroatoms. The summed E-state index contributed by atoms with van der Waals surface area (Å²) in [5, 5.41) is 0. The lowest BCUT2D eigenvalue weighted by Crippen LogP contribution is -2.07. The number of para-hydroxylation sites is 1. The summed E-state index contributed by atoms with van der Waals surface area (Å²) in [4.78, 5) is 0. The van der Waals surface area contributed by atoms with Crippen LogP contribution < -0.4 is 18.9 Å². The molecule has 0 atom stereocenters. The van der Waals surface area contributed by atoms with Gasteiger partial charge in [-0.15, -0.1) is 0 Å². The van der Waals surface area contributed by atoms with Crippen molar-refractivity contribution in [2.75, 3.05) is 13.4 Å². The average molecular weight is 298 g/mol. The SMILES string of the molecule is CC(C)Oc1ccc2c(c1-c1cccc3c1OCO3)CCO2. The Morgan fingerprint density at radius 2 is 1.91 bits per heavy atom. The monoisotopic (exact) mass is 298 g/mol. The first-order chi connectivity index (χ1) is 10.7. The van der Waals surface area contributed by atoms with E-state index in [-0.39, 0.29) is 12.9 Å². The predicted molar refractivity (Wildman–Crippen MR) is 83.0 cm³/mol. The van der Waals surface area contributed by atoms with Crippen molar-refractivity contribution in [2.24, 2.45) is 0 Å². The summed E-state index contributed by atoms with van der Waals surface area (Å²) in [6.07, 6.45) is 0.984. The molecule has 0 fully saturated rings. The van der Waals surface area contributed by atoms with Gasteiger partial charge in [-0.2, -0.15) is 0 Å². The molecule has 0 aliphatic carbocycles. The summed E-state index contributed by atoms with van der Waals surface area (Å²) < 4.78 is 22.9. The molecule has 2 aromatic rings. The van der Waals surface area contributed by atoms with E-state index in [0.29, 0.717) is 6.61 Å². The molecule has 0 saturated heterocycles. The first kappa shape index (κ1) is 13.3. The minimum atomic E-state index is 0.105. The minimum Gasteiger partial charge on any atom is -0.493 e. The average Bonchev–Trinajstić information content (AvgIpc) is 3.14. The third kappa shape index (κ3) is 2.06. The van der Waals surface area contributed by atoms with Crippen molar-refractivity contribution in [3.63, 3.8) is 0 Å². The highest BCUT2D eigenvalue weighted by molar-refractivity contribution is 5.83. The molecule has 0 bridgehead atoms. The van der Waals surface area contributed by atoms with Gasteiger partial charge in [0.15, 0.2) is 11.5 Å². The summed E-state index contributed by atoms with van der Waals surface area (Å²) in [5.74, 6) is 3.37. The van der Waals surface area contributed by atoms with Crippen LogP contribution in [0.3, 0.4) is 0 Å². The molecule has 2 aromatic carbocycles. The predicted octanol–water partition coefficient (Wildman–Crippen LogP) is 3.80. The maximum atomic E-state index is 6.03. The van der Waals surface area contributed by atoms with Gasteiger partial charge in [0.25, 0.3) is 0 Å². The number of ether oxygens (including phenoxy) is 4. The highest BCUT2D eigenvalue weighted by Crippen LogP contribution is 2.48. The molecule has 0 aromatic heterocycles. The van der Waals surface area contributed by atoms with Crippen molar-refractivity contribution in [2.45, 2.75) is 26.4 Å². The first-order valence-corrected chi connectivity index (χ1v) is 7.58. The van der Waals surface area contributed by atoms with E-state index in [2.05, 4.69) is 6.07 Å². The van der Waals surface area contributed by atoms with Crippen LogP contribution in [0.25, 0.3) is 11.1 Å². The van der Waals surface area contributed by atoms with Crippen molar-refractivity contribution >= 4 is 0 Å². The number of hydrogen-bond acceptors (Lipinski definition) is 4. The van der Waals surface area contributed by atoms with Gasteiger partial charge in [0.05, 0.1) is 12.7 Å². The maximum absolute atomic E-state index is 6.03. The van der Waals surface area contributed by atoms with Crippen molar-refractivity contribution < 1.29 is 18.9 Å². The third-order valence-corrected chi connectivity index (χ3v) is 3.87. The quantitative estimate of drug-likeness (QED) is 0.863. The van der Waals surface area contributed by atoms with Crippen molar-refractivity contribution in [1.29, 1.82) is 0 Å². The molecular weight excluding hydrogens is 280 g/mol. The van der Waals surface area contributed by atoms with Crippen LogP contribution in [0.2, 0.25) is 0 Å². The summed E-state index contributed by atoms with van der Waals surface area (Å²) in [6.45, 7) is 5.03. The first-order valence-electron chi connectivity index (χ1n) is 7.58. The zero-order chi connectivity index (χ0) is 15.1. The van der Waals surface area contributed by atoms with E-state index in [1.807, 2.05) is 38.1 Å². The lowest BCUT2D eigenvalue weighted by molar-refractivity contribution is 0.174. The van der Waals surface area contributed by atoms with Crippen molar-refractivity contribution in [1.82, 2.24) is 0 Å². The molecule has 0 N–H and O–H groups in total. The highest BCUT2D eigenvalue weighted by atomic mass is 16.7. The summed E-state index contributed by atoms with van der Waals surface area (Å²) in [7, 11) is 0. The molecule has 0 amide bonds. The van der Waals surface area contributed by atoms with E-state index in [1.165, 1.54) is 5.56 Å². The Kier molecular flexibility index (Phi) is 3.10.